The number of nitrogens with one attached hydrogen (secondary N) is 1. The smallest absolute Gasteiger partial charge is 0.341 e. The van der Waals surface area contributed by atoms with Crippen molar-refractivity contribution < 1.29 is 23.8 Å². The van der Waals surface area contributed by atoms with Crippen LogP contribution in [0.5, 0.6) is 11.5 Å². The van der Waals surface area contributed by atoms with Crippen molar-refractivity contribution in [2.24, 2.45) is 0 Å². The molecular weight excluding hydrogens is 354 g/mol. The summed E-state index contributed by atoms with van der Waals surface area (Å²) in [6.07, 6.45) is 1.99. The van der Waals surface area contributed by atoms with Gasteiger partial charge in [0.2, 0.25) is 6.79 Å². The van der Waals surface area contributed by atoms with Crippen LogP contribution in [0.2, 0.25) is 0 Å². The van der Waals surface area contributed by atoms with E-state index in [1.54, 1.807) is 12.1 Å². The van der Waals surface area contributed by atoms with Crippen LogP contribution in [0.15, 0.2) is 47.4 Å². The number of benzene rings is 2. The highest BCUT2D eigenvalue weighted by molar-refractivity contribution is 7.80. The topological polar surface area (TPSA) is 73.9 Å². The maximum atomic E-state index is 12.1. The zero-order valence-electron chi connectivity index (χ0n) is 14.4. The van der Waals surface area contributed by atoms with Crippen molar-refractivity contribution in [3.05, 3.63) is 48.0 Å². The Morgan fingerprint density at radius 3 is 2.69 bits per heavy atom. The summed E-state index contributed by atoms with van der Waals surface area (Å²) in [6.45, 7) is 2.59. The Kier molecular flexibility index (Phi) is 7.82. The lowest BCUT2D eigenvalue weighted by Crippen LogP contribution is -2.10. The number of ether oxygens (including phenoxy) is 3. The first kappa shape index (κ1) is 19.7. The Morgan fingerprint density at radius 2 is 2.00 bits per heavy atom. The molecule has 0 aliphatic heterocycles. The Bertz CT molecular complexity index is 736. The second-order valence-corrected chi connectivity index (χ2v) is 5.86. The molecule has 0 radical (unpaired) electrons. The molecule has 0 atom stereocenters. The molecule has 0 amide bonds. The van der Waals surface area contributed by atoms with Gasteiger partial charge >= 0.3 is 5.97 Å². The molecule has 2 aromatic rings. The van der Waals surface area contributed by atoms with Crippen LogP contribution in [0, 0.1) is 0 Å². The fourth-order valence-corrected chi connectivity index (χ4v) is 2.48. The molecule has 138 valence electrons. The summed E-state index contributed by atoms with van der Waals surface area (Å²) in [5.41, 5.74) is 0.918. The minimum Gasteiger partial charge on any atom is -0.454 e. The van der Waals surface area contributed by atoms with Gasteiger partial charge in [-0.15, -0.1) is 12.6 Å². The number of thiol groups is 1. The number of hydrogen-bond acceptors (Lipinski definition) is 7. The van der Waals surface area contributed by atoms with Crippen LogP contribution >= 0.6 is 12.6 Å². The zero-order valence-corrected chi connectivity index (χ0v) is 15.3. The van der Waals surface area contributed by atoms with Gasteiger partial charge in [-0.2, -0.15) is 0 Å². The summed E-state index contributed by atoms with van der Waals surface area (Å²) in [5.74, 6) is 0.569. The van der Waals surface area contributed by atoms with Crippen LogP contribution in [0.4, 0.5) is 5.69 Å². The molecule has 0 saturated carbocycles. The second-order valence-electron chi connectivity index (χ2n) is 5.38. The Hall–Kier alpha value is -2.67. The fraction of sp³-hybridized carbons (Fsp3) is 0.263. The molecule has 0 heterocycles. The van der Waals surface area contributed by atoms with Crippen LogP contribution in [-0.2, 0) is 14.3 Å². The van der Waals surface area contributed by atoms with E-state index in [2.05, 4.69) is 29.6 Å². The molecule has 26 heavy (non-hydrogen) atoms. The van der Waals surface area contributed by atoms with Crippen LogP contribution in [0.25, 0.3) is 0 Å². The highest BCUT2D eigenvalue weighted by Gasteiger charge is 2.16. The SMILES string of the molecule is CCCCNc1cc(C(=O)OCOC=O)cc(S)c1Oc1ccccc1. The van der Waals surface area contributed by atoms with Crippen molar-refractivity contribution in [1.29, 1.82) is 0 Å². The minimum atomic E-state index is -0.619. The van der Waals surface area contributed by atoms with Gasteiger partial charge in [-0.25, -0.2) is 4.79 Å². The third-order valence-corrected chi connectivity index (χ3v) is 3.77. The van der Waals surface area contributed by atoms with E-state index in [9.17, 15) is 9.59 Å². The third kappa shape index (κ3) is 5.70. The number of para-hydroxylation sites is 1. The van der Waals surface area contributed by atoms with Gasteiger partial charge in [0.1, 0.15) is 5.75 Å². The molecule has 1 N–H and O–H groups in total. The van der Waals surface area contributed by atoms with Crippen molar-refractivity contribution in [1.82, 2.24) is 0 Å². The zero-order chi connectivity index (χ0) is 18.8. The normalized spacial score (nSPS) is 10.1. The number of unbranched alkanes of at least 4 members (excludes halogenated alkanes) is 1. The summed E-state index contributed by atoms with van der Waals surface area (Å²) in [5, 5.41) is 3.27. The van der Waals surface area contributed by atoms with Gasteiger partial charge in [0, 0.05) is 11.4 Å². The molecule has 0 unspecified atom stereocenters. The summed E-state index contributed by atoms with van der Waals surface area (Å²) >= 11 is 4.46. The first-order valence-corrected chi connectivity index (χ1v) is 8.66. The van der Waals surface area contributed by atoms with Gasteiger partial charge in [0.05, 0.1) is 11.3 Å². The number of esters is 1. The van der Waals surface area contributed by atoms with Gasteiger partial charge in [-0.05, 0) is 30.7 Å². The molecule has 2 aromatic carbocycles. The van der Waals surface area contributed by atoms with Gasteiger partial charge < -0.3 is 19.5 Å². The van der Waals surface area contributed by atoms with Gasteiger partial charge in [0.25, 0.3) is 6.47 Å². The Balaban J connectivity index is 2.27. The fourth-order valence-electron chi connectivity index (χ4n) is 2.17. The summed E-state index contributed by atoms with van der Waals surface area (Å²) < 4.78 is 15.2. The predicted molar refractivity (Wildman–Crippen MR) is 101 cm³/mol. The lowest BCUT2D eigenvalue weighted by molar-refractivity contribution is -0.136. The number of rotatable bonds is 10. The maximum Gasteiger partial charge on any atom is 0.341 e. The first-order valence-electron chi connectivity index (χ1n) is 8.21. The van der Waals surface area contributed by atoms with Gasteiger partial charge in [-0.1, -0.05) is 31.5 Å². The Morgan fingerprint density at radius 1 is 1.23 bits per heavy atom. The molecule has 6 nitrogen and oxygen atoms in total. The molecule has 0 aromatic heterocycles. The first-order chi connectivity index (χ1) is 12.7. The van der Waals surface area contributed by atoms with Crippen LogP contribution in [0.3, 0.4) is 0 Å². The molecule has 0 aliphatic carbocycles. The van der Waals surface area contributed by atoms with Crippen LogP contribution in [0.1, 0.15) is 30.1 Å². The molecule has 0 spiro atoms. The summed E-state index contributed by atoms with van der Waals surface area (Å²) in [7, 11) is 0. The highest BCUT2D eigenvalue weighted by atomic mass is 32.1. The van der Waals surface area contributed by atoms with Crippen LogP contribution in [-0.4, -0.2) is 25.8 Å². The average Bonchev–Trinajstić information content (AvgIpc) is 2.65. The monoisotopic (exact) mass is 375 g/mol. The molecule has 0 saturated heterocycles. The van der Waals surface area contributed by atoms with Crippen molar-refractivity contribution in [3.63, 3.8) is 0 Å². The number of hydrogen-bond donors (Lipinski definition) is 2. The van der Waals surface area contributed by atoms with Crippen molar-refractivity contribution in [2.45, 2.75) is 24.7 Å². The Labute approximate surface area is 157 Å². The van der Waals surface area contributed by atoms with Crippen molar-refractivity contribution >= 4 is 30.8 Å². The average molecular weight is 375 g/mol. The van der Waals surface area contributed by atoms with E-state index < -0.39 is 12.8 Å². The third-order valence-electron chi connectivity index (χ3n) is 3.44. The number of carbonyl (C=O) groups is 2. The van der Waals surface area contributed by atoms with E-state index in [0.29, 0.717) is 22.1 Å². The van der Waals surface area contributed by atoms with Crippen molar-refractivity contribution in [2.75, 3.05) is 18.7 Å². The second kappa shape index (κ2) is 10.4. The molecule has 2 rings (SSSR count). The highest BCUT2D eigenvalue weighted by Crippen LogP contribution is 2.37. The van der Waals surface area contributed by atoms with E-state index >= 15 is 0 Å². The minimum absolute atomic E-state index is 0.214. The molecular formula is C19H21NO5S. The maximum absolute atomic E-state index is 12.1. The van der Waals surface area contributed by atoms with E-state index in [4.69, 9.17) is 9.47 Å². The molecule has 7 heteroatoms. The van der Waals surface area contributed by atoms with E-state index in [0.717, 1.165) is 19.4 Å². The summed E-state index contributed by atoms with van der Waals surface area (Å²) in [6, 6.07) is 12.5. The number of carbonyl (C=O) groups excluding carboxylic acids is 2. The predicted octanol–water partition coefficient (Wildman–Crippen LogP) is 4.27. The molecule has 0 aliphatic rings. The van der Waals surface area contributed by atoms with E-state index in [-0.39, 0.29) is 12.0 Å². The molecule has 0 bridgehead atoms. The quantitative estimate of drug-likeness (QED) is 0.212. The van der Waals surface area contributed by atoms with Gasteiger partial charge in [0.15, 0.2) is 5.75 Å². The van der Waals surface area contributed by atoms with E-state index in [1.165, 1.54) is 0 Å². The molecule has 0 fully saturated rings. The summed E-state index contributed by atoms with van der Waals surface area (Å²) in [4.78, 5) is 22.7. The van der Waals surface area contributed by atoms with E-state index in [1.807, 2.05) is 30.3 Å². The lowest BCUT2D eigenvalue weighted by Gasteiger charge is -2.16. The lowest BCUT2D eigenvalue weighted by atomic mass is 10.1. The van der Waals surface area contributed by atoms with Crippen LogP contribution < -0.4 is 10.1 Å². The van der Waals surface area contributed by atoms with Crippen molar-refractivity contribution in [3.8, 4) is 11.5 Å². The standard InChI is InChI=1S/C19H21NO5S/c1-2-3-9-20-16-10-14(19(22)24-13-23-12-21)11-17(26)18(16)25-15-7-5-4-6-8-15/h4-8,10-12,20,26H,2-3,9,13H2,1H3. The number of anilines is 1. The largest absolute Gasteiger partial charge is 0.454 e. The van der Waals surface area contributed by atoms with Gasteiger partial charge in [-0.3, -0.25) is 4.79 Å².